The summed E-state index contributed by atoms with van der Waals surface area (Å²) in [5, 5.41) is 1.21. The van der Waals surface area contributed by atoms with Gasteiger partial charge in [0.1, 0.15) is 11.4 Å². The highest BCUT2D eigenvalue weighted by Crippen LogP contribution is 2.38. The zero-order chi connectivity index (χ0) is 18.4. The maximum Gasteiger partial charge on any atom is 0.295 e. The van der Waals surface area contributed by atoms with Gasteiger partial charge in [-0.1, -0.05) is 12.1 Å². The Kier molecular flexibility index (Phi) is 4.44. The molecule has 2 aromatic carbocycles. The van der Waals surface area contributed by atoms with Crippen LogP contribution in [0.3, 0.4) is 0 Å². The summed E-state index contributed by atoms with van der Waals surface area (Å²) in [6.45, 7) is 2.45. The Morgan fingerprint density at radius 2 is 1.72 bits per heavy atom. The molecule has 2 aromatic rings. The fraction of sp³-hybridized carbons (Fsp3) is 0.312. The smallest absolute Gasteiger partial charge is 0.286 e. The first-order valence-corrected chi connectivity index (χ1v) is 10.7. The second-order valence-electron chi connectivity index (χ2n) is 6.02. The SMILES string of the molecule is CC1=[N+](CCCCS(=O)(=O)O)c2ccc(S(=O)(=O)O)c3cccc1c23. The maximum absolute atomic E-state index is 11.6. The average molecular weight is 384 g/mol. The van der Waals surface area contributed by atoms with Crippen molar-refractivity contribution in [2.24, 2.45) is 0 Å². The lowest BCUT2D eigenvalue weighted by molar-refractivity contribution is -0.437. The fourth-order valence-corrected chi connectivity index (χ4v) is 4.54. The first kappa shape index (κ1) is 18.0. The van der Waals surface area contributed by atoms with Crippen LogP contribution in [0.2, 0.25) is 0 Å². The summed E-state index contributed by atoms with van der Waals surface area (Å²) in [6.07, 6.45) is 0.873. The quantitative estimate of drug-likeness (QED) is 0.449. The molecule has 0 unspecified atom stereocenters. The van der Waals surface area contributed by atoms with E-state index in [9.17, 15) is 21.4 Å². The van der Waals surface area contributed by atoms with E-state index in [4.69, 9.17) is 4.55 Å². The molecule has 0 aliphatic carbocycles. The zero-order valence-electron chi connectivity index (χ0n) is 13.5. The number of hydrogen-bond acceptors (Lipinski definition) is 4. The number of hydrogen-bond donors (Lipinski definition) is 2. The van der Waals surface area contributed by atoms with Crippen LogP contribution in [-0.4, -0.2) is 48.5 Å². The minimum Gasteiger partial charge on any atom is -0.286 e. The molecular formula is C16H18NO6S2+. The lowest BCUT2D eigenvalue weighted by Crippen LogP contribution is -2.13. The van der Waals surface area contributed by atoms with Gasteiger partial charge in [0.05, 0.1) is 16.7 Å². The van der Waals surface area contributed by atoms with E-state index in [0.717, 1.165) is 22.3 Å². The molecule has 1 aliphatic heterocycles. The topological polar surface area (TPSA) is 112 Å². The van der Waals surface area contributed by atoms with E-state index in [1.54, 1.807) is 18.2 Å². The highest BCUT2D eigenvalue weighted by molar-refractivity contribution is 7.86. The molecule has 9 heteroatoms. The van der Waals surface area contributed by atoms with Crippen molar-refractivity contribution in [2.45, 2.75) is 24.7 Å². The summed E-state index contributed by atoms with van der Waals surface area (Å²) in [4.78, 5) is -0.130. The van der Waals surface area contributed by atoms with Crippen LogP contribution >= 0.6 is 0 Å². The van der Waals surface area contributed by atoms with Crippen molar-refractivity contribution < 1.29 is 30.5 Å². The minimum atomic E-state index is -4.33. The molecule has 0 fully saturated rings. The van der Waals surface area contributed by atoms with Crippen molar-refractivity contribution >= 4 is 42.4 Å². The molecule has 1 heterocycles. The molecule has 7 nitrogen and oxygen atoms in total. The molecule has 0 aromatic heterocycles. The van der Waals surface area contributed by atoms with Crippen molar-refractivity contribution in [3.63, 3.8) is 0 Å². The molecule has 1 aliphatic rings. The first-order chi connectivity index (χ1) is 11.6. The van der Waals surface area contributed by atoms with Crippen LogP contribution < -0.4 is 0 Å². The summed E-state index contributed by atoms with van der Waals surface area (Å²) in [5.41, 5.74) is 2.63. The summed E-state index contributed by atoms with van der Waals surface area (Å²) >= 11 is 0. The predicted molar refractivity (Wildman–Crippen MR) is 94.0 cm³/mol. The van der Waals surface area contributed by atoms with Crippen LogP contribution in [-0.2, 0) is 20.2 Å². The van der Waals surface area contributed by atoms with Gasteiger partial charge >= 0.3 is 0 Å². The largest absolute Gasteiger partial charge is 0.295 e. The second kappa shape index (κ2) is 6.17. The Morgan fingerprint density at radius 3 is 2.36 bits per heavy atom. The molecular weight excluding hydrogens is 366 g/mol. The van der Waals surface area contributed by atoms with Crippen LogP contribution in [0.15, 0.2) is 35.2 Å². The monoisotopic (exact) mass is 384 g/mol. The van der Waals surface area contributed by atoms with Gasteiger partial charge in [0.25, 0.3) is 20.2 Å². The van der Waals surface area contributed by atoms with E-state index < -0.39 is 20.2 Å². The van der Waals surface area contributed by atoms with Gasteiger partial charge < -0.3 is 0 Å². The van der Waals surface area contributed by atoms with Crippen LogP contribution in [0.4, 0.5) is 5.69 Å². The van der Waals surface area contributed by atoms with E-state index in [0.29, 0.717) is 24.8 Å². The van der Waals surface area contributed by atoms with E-state index in [1.165, 1.54) is 6.07 Å². The molecule has 0 saturated heterocycles. The fourth-order valence-electron chi connectivity index (χ4n) is 3.28. The number of unbranched alkanes of at least 4 members (excludes halogenated alkanes) is 1. The predicted octanol–water partition coefficient (Wildman–Crippen LogP) is 2.22. The highest BCUT2D eigenvalue weighted by atomic mass is 32.2. The van der Waals surface area contributed by atoms with Gasteiger partial charge in [-0.25, -0.2) is 0 Å². The molecule has 0 spiro atoms. The summed E-state index contributed by atoms with van der Waals surface area (Å²) in [7, 11) is -8.30. The van der Waals surface area contributed by atoms with Crippen LogP contribution in [0.25, 0.3) is 10.8 Å². The zero-order valence-corrected chi connectivity index (χ0v) is 15.1. The van der Waals surface area contributed by atoms with E-state index in [-0.39, 0.29) is 10.6 Å². The normalized spacial score (nSPS) is 14.5. The summed E-state index contributed by atoms with van der Waals surface area (Å²) in [5.74, 6) is -0.288. The van der Waals surface area contributed by atoms with Crippen molar-refractivity contribution in [2.75, 3.05) is 12.3 Å². The lowest BCUT2D eigenvalue weighted by atomic mass is 10.0. The molecule has 0 saturated carbocycles. The average Bonchev–Trinajstić information content (AvgIpc) is 2.77. The van der Waals surface area contributed by atoms with Gasteiger partial charge in [0.2, 0.25) is 5.69 Å². The molecule has 0 atom stereocenters. The standard InChI is InChI=1S/C16H17NO6S2/c1-11-12-5-4-6-13-15(25(21,22)23)8-7-14(16(12)13)17(11)9-2-3-10-24(18,19)20/h4-8H,2-3,9-10H2,1H3,(H-,18,19,20,21,22,23)/p+1. The van der Waals surface area contributed by atoms with Crippen molar-refractivity contribution in [1.29, 1.82) is 0 Å². The van der Waals surface area contributed by atoms with E-state index in [1.807, 2.05) is 17.6 Å². The third-order valence-corrected chi connectivity index (χ3v) is 6.09. The second-order valence-corrected chi connectivity index (χ2v) is 8.98. The Balaban J connectivity index is 1.99. The van der Waals surface area contributed by atoms with Gasteiger partial charge in [0, 0.05) is 24.8 Å². The molecule has 0 bridgehead atoms. The van der Waals surface area contributed by atoms with Crippen molar-refractivity contribution in [1.82, 2.24) is 0 Å². The Hall–Kier alpha value is -1.81. The van der Waals surface area contributed by atoms with Crippen molar-refractivity contribution in [3.8, 4) is 0 Å². The van der Waals surface area contributed by atoms with Gasteiger partial charge in [0.15, 0.2) is 5.71 Å². The Morgan fingerprint density at radius 1 is 1.00 bits per heavy atom. The minimum absolute atomic E-state index is 0.130. The lowest BCUT2D eigenvalue weighted by Gasteiger charge is -2.05. The molecule has 3 rings (SSSR count). The highest BCUT2D eigenvalue weighted by Gasteiger charge is 2.31. The van der Waals surface area contributed by atoms with Crippen LogP contribution in [0, 0.1) is 0 Å². The molecule has 25 heavy (non-hydrogen) atoms. The maximum atomic E-state index is 11.6. The third-order valence-electron chi connectivity index (χ3n) is 4.38. The van der Waals surface area contributed by atoms with E-state index >= 15 is 0 Å². The Bertz CT molecular complexity index is 1100. The summed E-state index contributed by atoms with van der Waals surface area (Å²) < 4.78 is 65.1. The van der Waals surface area contributed by atoms with Gasteiger partial charge in [-0.2, -0.15) is 21.4 Å². The van der Waals surface area contributed by atoms with Gasteiger partial charge in [-0.15, -0.1) is 0 Å². The van der Waals surface area contributed by atoms with Gasteiger partial charge in [-0.3, -0.25) is 9.11 Å². The number of rotatable bonds is 6. The summed E-state index contributed by atoms with van der Waals surface area (Å²) in [6, 6.07) is 8.30. The van der Waals surface area contributed by atoms with Crippen LogP contribution in [0.1, 0.15) is 25.3 Å². The first-order valence-electron chi connectivity index (χ1n) is 7.69. The molecule has 0 amide bonds. The van der Waals surface area contributed by atoms with Crippen molar-refractivity contribution in [3.05, 3.63) is 35.9 Å². The molecule has 2 N–H and O–H groups in total. The molecule has 0 radical (unpaired) electrons. The van der Waals surface area contributed by atoms with Crippen LogP contribution in [0.5, 0.6) is 0 Å². The van der Waals surface area contributed by atoms with Gasteiger partial charge in [-0.05, 0) is 18.6 Å². The molecule has 134 valence electrons. The number of benzene rings is 2. The third kappa shape index (κ3) is 3.45. The Labute approximate surface area is 146 Å². The van der Waals surface area contributed by atoms with E-state index in [2.05, 4.69) is 0 Å². The number of nitrogens with zero attached hydrogens (tertiary/aromatic N) is 1.